The molecule has 0 heterocycles. The maximum Gasteiger partial charge on any atom is 0.472 e. The minimum Gasteiger partial charge on any atom is -0.462 e. The van der Waals surface area contributed by atoms with Gasteiger partial charge in [-0.05, 0) is 89.9 Å². The summed E-state index contributed by atoms with van der Waals surface area (Å²) < 4.78 is 32.6. The number of hydrogen-bond donors (Lipinski definition) is 2. The van der Waals surface area contributed by atoms with E-state index in [0.717, 1.165) is 77.0 Å². The smallest absolute Gasteiger partial charge is 0.462 e. The normalized spacial score (nSPS) is 14.3. The molecule has 0 fully saturated rings. The molecule has 9 nitrogen and oxygen atoms in total. The fraction of sp³-hybridized carbons (Fsp3) is 0.600. The number of carbonyl (C=O) groups is 2. The number of ether oxygens (including phenoxy) is 2. The Bertz CT molecular complexity index is 1220. The van der Waals surface area contributed by atoms with Gasteiger partial charge in [-0.3, -0.25) is 18.6 Å². The van der Waals surface area contributed by atoms with Crippen LogP contribution in [0.2, 0.25) is 0 Å². The molecular weight excluding hydrogens is 713 g/mol. The summed E-state index contributed by atoms with van der Waals surface area (Å²) in [5.41, 5.74) is 5.34. The molecule has 0 aliphatic carbocycles. The van der Waals surface area contributed by atoms with Crippen LogP contribution in [0.25, 0.3) is 0 Å². The minimum absolute atomic E-state index is 0.0355. The molecule has 0 amide bonds. The van der Waals surface area contributed by atoms with Crippen molar-refractivity contribution in [1.29, 1.82) is 0 Å². The lowest BCUT2D eigenvalue weighted by Gasteiger charge is -2.19. The number of carbonyl (C=O) groups excluding carboxylic acids is 2. The molecular formula is C45H74NO8P. The number of phosphoric acid groups is 1. The van der Waals surface area contributed by atoms with Crippen LogP contribution in [0.5, 0.6) is 0 Å². The van der Waals surface area contributed by atoms with Crippen LogP contribution in [0.4, 0.5) is 0 Å². The summed E-state index contributed by atoms with van der Waals surface area (Å²) in [5, 5.41) is 0. The zero-order valence-corrected chi connectivity index (χ0v) is 35.0. The molecule has 55 heavy (non-hydrogen) atoms. The van der Waals surface area contributed by atoms with Crippen molar-refractivity contribution < 1.29 is 37.6 Å². The second-order valence-electron chi connectivity index (χ2n) is 13.1. The van der Waals surface area contributed by atoms with Crippen molar-refractivity contribution in [3.8, 4) is 0 Å². The summed E-state index contributed by atoms with van der Waals surface area (Å²) in [7, 11) is -4.40. The highest BCUT2D eigenvalue weighted by Crippen LogP contribution is 2.43. The number of hydrogen-bond acceptors (Lipinski definition) is 8. The van der Waals surface area contributed by atoms with Crippen molar-refractivity contribution in [1.82, 2.24) is 0 Å². The minimum atomic E-state index is -4.40. The molecule has 1 unspecified atom stereocenters. The highest BCUT2D eigenvalue weighted by atomic mass is 31.2. The molecule has 0 aliphatic heterocycles. The van der Waals surface area contributed by atoms with E-state index in [9.17, 15) is 19.0 Å². The van der Waals surface area contributed by atoms with Crippen LogP contribution in [0.15, 0.2) is 97.2 Å². The molecule has 0 aliphatic rings. The second-order valence-corrected chi connectivity index (χ2v) is 14.6. The van der Waals surface area contributed by atoms with Gasteiger partial charge in [-0.1, -0.05) is 137 Å². The number of phosphoric ester groups is 1. The van der Waals surface area contributed by atoms with E-state index in [-0.39, 0.29) is 32.6 Å². The molecule has 0 aromatic carbocycles. The molecule has 312 valence electrons. The van der Waals surface area contributed by atoms with Gasteiger partial charge in [0.2, 0.25) is 0 Å². The van der Waals surface area contributed by atoms with E-state index in [1.807, 2.05) is 6.08 Å². The first kappa shape index (κ1) is 51.9. The van der Waals surface area contributed by atoms with Gasteiger partial charge in [-0.2, -0.15) is 0 Å². The predicted molar refractivity (Wildman–Crippen MR) is 228 cm³/mol. The van der Waals surface area contributed by atoms with E-state index in [2.05, 4.69) is 105 Å². The Morgan fingerprint density at radius 3 is 1.53 bits per heavy atom. The van der Waals surface area contributed by atoms with Crippen molar-refractivity contribution in [3.05, 3.63) is 97.2 Å². The van der Waals surface area contributed by atoms with Crippen LogP contribution in [-0.4, -0.2) is 49.3 Å². The zero-order valence-electron chi connectivity index (χ0n) is 34.1. The van der Waals surface area contributed by atoms with Crippen LogP contribution in [0.3, 0.4) is 0 Å². The van der Waals surface area contributed by atoms with E-state index in [1.54, 1.807) is 0 Å². The van der Waals surface area contributed by atoms with Crippen molar-refractivity contribution in [3.63, 3.8) is 0 Å². The van der Waals surface area contributed by atoms with Gasteiger partial charge < -0.3 is 20.1 Å². The molecule has 10 heteroatoms. The van der Waals surface area contributed by atoms with E-state index in [0.29, 0.717) is 19.3 Å². The van der Waals surface area contributed by atoms with Gasteiger partial charge in [0.25, 0.3) is 0 Å². The van der Waals surface area contributed by atoms with Crippen LogP contribution >= 0.6 is 7.82 Å². The monoisotopic (exact) mass is 788 g/mol. The van der Waals surface area contributed by atoms with Crippen LogP contribution in [-0.2, 0) is 32.7 Å². The Morgan fingerprint density at radius 1 is 0.564 bits per heavy atom. The Balaban J connectivity index is 4.35. The van der Waals surface area contributed by atoms with E-state index < -0.39 is 32.5 Å². The quantitative estimate of drug-likeness (QED) is 0.0273. The number of rotatable bonds is 37. The predicted octanol–water partition coefficient (Wildman–Crippen LogP) is 11.8. The fourth-order valence-corrected chi connectivity index (χ4v) is 5.67. The number of nitrogens with two attached hydrogens (primary N) is 1. The maximum absolute atomic E-state index is 12.5. The molecule has 0 radical (unpaired) electrons. The standard InChI is InChI=1S/C45H74NO8P/c1-3-5-7-9-11-13-15-17-19-21-23-25-27-29-31-33-35-37-44(47)51-41-43(42-53-55(49,50)52-40-39-46)54-45(48)38-36-34-32-30-28-26-24-22-20-18-16-14-12-10-8-6-4-2/h5,7,11-14,17-20,23-26,30,32,43H,3-4,6,8-10,15-16,21-22,27-29,31,33-42,46H2,1-2H3,(H,49,50)/b7-5-,13-11-,14-12-,19-17-,20-18-,25-23-,26-24-,32-30-/t43-/m1/s1. The second kappa shape index (κ2) is 40.6. The Hall–Kier alpha value is -3.07. The Labute approximate surface area is 334 Å². The van der Waals surface area contributed by atoms with Gasteiger partial charge in [-0.25, -0.2) is 4.57 Å². The molecule has 0 saturated carbocycles. The summed E-state index contributed by atoms with van der Waals surface area (Å²) in [5.74, 6) is -0.934. The van der Waals surface area contributed by atoms with Gasteiger partial charge in [0.1, 0.15) is 6.61 Å². The summed E-state index contributed by atoms with van der Waals surface area (Å²) in [6, 6.07) is 0. The largest absolute Gasteiger partial charge is 0.472 e. The third-order valence-electron chi connectivity index (χ3n) is 7.95. The first-order valence-electron chi connectivity index (χ1n) is 20.7. The lowest BCUT2D eigenvalue weighted by Crippen LogP contribution is -2.29. The molecule has 0 bridgehead atoms. The third-order valence-corrected chi connectivity index (χ3v) is 8.94. The summed E-state index contributed by atoms with van der Waals surface area (Å²) in [4.78, 5) is 34.8. The fourth-order valence-electron chi connectivity index (χ4n) is 4.91. The molecule has 0 aromatic rings. The highest BCUT2D eigenvalue weighted by Gasteiger charge is 2.25. The van der Waals surface area contributed by atoms with Gasteiger partial charge in [0.15, 0.2) is 6.10 Å². The highest BCUT2D eigenvalue weighted by molar-refractivity contribution is 7.47. The average Bonchev–Trinajstić information content (AvgIpc) is 3.17. The van der Waals surface area contributed by atoms with Crippen molar-refractivity contribution in [2.45, 2.75) is 148 Å². The molecule has 2 atom stereocenters. The molecule has 0 aromatic heterocycles. The maximum atomic E-state index is 12.5. The van der Waals surface area contributed by atoms with Crippen molar-refractivity contribution in [2.24, 2.45) is 5.73 Å². The summed E-state index contributed by atoms with van der Waals surface area (Å²) >= 11 is 0. The Kier molecular flexibility index (Phi) is 38.3. The molecule has 0 spiro atoms. The van der Waals surface area contributed by atoms with Crippen LogP contribution in [0, 0.1) is 0 Å². The first-order valence-corrected chi connectivity index (χ1v) is 22.2. The van der Waals surface area contributed by atoms with Gasteiger partial charge in [0.05, 0.1) is 13.2 Å². The van der Waals surface area contributed by atoms with E-state index >= 15 is 0 Å². The number of allylic oxidation sites excluding steroid dienone is 16. The first-order chi connectivity index (χ1) is 26.8. The lowest BCUT2D eigenvalue weighted by molar-refractivity contribution is -0.161. The van der Waals surface area contributed by atoms with Crippen molar-refractivity contribution in [2.75, 3.05) is 26.4 Å². The van der Waals surface area contributed by atoms with E-state index in [4.69, 9.17) is 24.3 Å². The zero-order chi connectivity index (χ0) is 40.3. The van der Waals surface area contributed by atoms with E-state index in [1.165, 1.54) is 19.3 Å². The SMILES string of the molecule is CC/C=C\C/C=C\C/C=C\C/C=C\CCCCCCC(=O)OC[C@H](COP(=O)(O)OCCN)OC(=O)CCC/C=C\C/C=C\C/C=C\C/C=C\CCCCC. The third kappa shape index (κ3) is 40.4. The number of esters is 2. The van der Waals surface area contributed by atoms with Crippen LogP contribution < -0.4 is 5.73 Å². The summed E-state index contributed by atoms with van der Waals surface area (Å²) in [6.07, 6.45) is 51.6. The van der Waals surface area contributed by atoms with Gasteiger partial charge in [-0.15, -0.1) is 0 Å². The molecule has 0 saturated heterocycles. The van der Waals surface area contributed by atoms with Crippen LogP contribution in [0.1, 0.15) is 142 Å². The van der Waals surface area contributed by atoms with Gasteiger partial charge in [0, 0.05) is 19.4 Å². The number of unbranched alkanes of at least 4 members (excludes halogenated alkanes) is 8. The van der Waals surface area contributed by atoms with Gasteiger partial charge >= 0.3 is 19.8 Å². The topological polar surface area (TPSA) is 134 Å². The Morgan fingerprint density at radius 2 is 1.02 bits per heavy atom. The van der Waals surface area contributed by atoms with Crippen molar-refractivity contribution >= 4 is 19.8 Å². The lowest BCUT2D eigenvalue weighted by atomic mass is 10.1. The molecule has 0 rings (SSSR count). The molecule has 3 N–H and O–H groups in total. The summed E-state index contributed by atoms with van der Waals surface area (Å²) in [6.45, 7) is 3.46. The average molecular weight is 788 g/mol.